The molecular weight excluding hydrogens is 2350 g/mol. The van der Waals surface area contributed by atoms with E-state index in [-0.39, 0.29) is 129 Å². The Balaban J connectivity index is 0.000000279. The number of ether oxygens (including phenoxy) is 1. The third-order valence-electron chi connectivity index (χ3n) is 19.2. The van der Waals surface area contributed by atoms with Crippen molar-refractivity contribution in [2.75, 3.05) is 7.11 Å². The van der Waals surface area contributed by atoms with Gasteiger partial charge >= 0.3 is 0 Å². The largest absolute Gasteiger partial charge is 0.540 e. The molecule has 0 aliphatic rings. The van der Waals surface area contributed by atoms with Gasteiger partial charge in [0.25, 0.3) is 0 Å². The fraction of sp³-hybridized carbons (Fsp3) is 0.245. The Morgan fingerprint density at radius 3 is 0.832 bits per heavy atom. The summed E-state index contributed by atoms with van der Waals surface area (Å²) in [6.07, 6.45) is -1.11. The van der Waals surface area contributed by atoms with Crippen molar-refractivity contribution in [2.45, 2.75) is 165 Å². The number of benzene rings is 12. The molecule has 8 N–H and O–H groups in total. The molecule has 0 fully saturated rings. The van der Waals surface area contributed by atoms with E-state index in [2.05, 4.69) is 239 Å². The van der Waals surface area contributed by atoms with E-state index in [1.807, 2.05) is 182 Å². The Bertz CT molecular complexity index is 5600. The quantitative estimate of drug-likeness (QED) is 0.0310. The number of aliphatic hydroxyl groups is 8. The Morgan fingerprint density at radius 1 is 0.260 bits per heavy atom. The van der Waals surface area contributed by atoms with Crippen LogP contribution in [-0.4, -0.2) is 156 Å². The molecule has 4 aromatic heterocycles. The average molecular weight is 2470 g/mol. The molecule has 4 heterocycles. The molecule has 16 aromatic rings. The van der Waals surface area contributed by atoms with Gasteiger partial charge in [0.1, 0.15) is 0 Å². The van der Waals surface area contributed by atoms with Crippen molar-refractivity contribution >= 4 is 0 Å². The summed E-state index contributed by atoms with van der Waals surface area (Å²) >= 11 is 0. The SMILES string of the molecule is CC(O)CC(C)O.CC(O)CC(C)O.CC(O)CC(C)O.CC(O)CC(C)O.COc1c[c-]c(-c2nnc(-c3ccc(C)cc3)n2-c2ccccc2C)cc1.Cc1ccc(-n2c(-c3[c-]cccc3)nnc2-c2ccccc2)cc1.Cc1cccc(-n2c(-c3[c-]cccc3)nnc2-c2ccccc2)c1.Cc1ccccc1-n1c(-c2[c-]cccc2)nnc1-c1ccccc1.[Ir].[Ir].[Ir].[Ir]. The van der Waals surface area contributed by atoms with Crippen LogP contribution in [0.25, 0.3) is 114 Å². The van der Waals surface area contributed by atoms with Crippen molar-refractivity contribution in [1.29, 1.82) is 0 Å². The predicted octanol–water partition coefficient (Wildman–Crippen LogP) is 19.7. The summed E-state index contributed by atoms with van der Waals surface area (Å²) < 4.78 is 13.6. The summed E-state index contributed by atoms with van der Waals surface area (Å²) in [6.45, 7) is 23.7. The van der Waals surface area contributed by atoms with E-state index < -0.39 is 0 Å². The van der Waals surface area contributed by atoms with Gasteiger partial charge in [0.2, 0.25) is 0 Å². The van der Waals surface area contributed by atoms with Crippen molar-refractivity contribution in [2.24, 2.45) is 0 Å². The minimum absolute atomic E-state index is 0. The Morgan fingerprint density at radius 2 is 0.542 bits per heavy atom. The van der Waals surface area contributed by atoms with Crippen LogP contribution in [-0.2, 0) is 80.4 Å². The first kappa shape index (κ1) is 111. The van der Waals surface area contributed by atoms with Gasteiger partial charge in [0.15, 0.2) is 23.3 Å². The van der Waals surface area contributed by atoms with Gasteiger partial charge in [-0.3, -0.25) is 0 Å². The van der Waals surface area contributed by atoms with Gasteiger partial charge in [-0.1, -0.05) is 187 Å². The normalized spacial score (nSPS) is 12.1. The Hall–Kier alpha value is -10.7. The zero-order valence-corrected chi connectivity index (χ0v) is 85.6. The van der Waals surface area contributed by atoms with Gasteiger partial charge in [-0.25, -0.2) is 0 Å². The molecule has 0 saturated heterocycles. The van der Waals surface area contributed by atoms with Gasteiger partial charge in [-0.2, -0.15) is 20.4 Å². The number of methoxy groups -OCH3 is 1. The smallest absolute Gasteiger partial charge is 0.159 e. The molecule has 21 nitrogen and oxygen atoms in total. The summed E-state index contributed by atoms with van der Waals surface area (Å²) in [5, 5.41) is 104. The number of aliphatic hydroxyl groups excluding tert-OH is 8. The topological polar surface area (TPSA) is 294 Å². The van der Waals surface area contributed by atoms with Gasteiger partial charge in [0, 0.05) is 131 Å². The van der Waals surface area contributed by atoms with Gasteiger partial charge in [-0.15, -0.1) is 158 Å². The second-order valence-electron chi connectivity index (χ2n) is 31.1. The monoisotopic (exact) mass is 2470 g/mol. The second-order valence-corrected chi connectivity index (χ2v) is 31.1. The fourth-order valence-electron chi connectivity index (χ4n) is 13.3. The van der Waals surface area contributed by atoms with Crippen LogP contribution in [0.2, 0.25) is 0 Å². The number of nitrogens with zero attached hydrogens (tertiary/aromatic N) is 12. The molecule has 131 heavy (non-hydrogen) atoms. The standard InChI is InChI=1S/C23H20N3O.3C21H16N3.4C5H12O2.4Ir/c1-16-8-10-18(11-9-16)22-24-25-23(19-12-14-20(27-3)15-13-19)26(22)21-7-5-4-6-17(21)2;1-16-10-8-9-15-19(16)24-20(17-11-4-2-5-12-17)22-23-21(24)18-13-6-3-7-14-18;1-16-9-8-14-19(15-16)24-20(17-10-4-2-5-11-17)22-23-21(24)18-12-6-3-7-13-18;1-16-12-14-19(15-13-16)24-20(17-8-4-2-5-9-17)22-23-21(24)18-10-6-3-7-11-18;4*1-4(6)3-5(2)7;;;;/h4-12,14-15H,1-3H3;2-13,15H,1H3;2-12,14-15H,1H3;2-10,12-15H,1H3;4*4-7H,3H2,1-2H3;;;;/q4*-1;;;;;;;;. The second kappa shape index (κ2) is 57.6. The predicted molar refractivity (Wildman–Crippen MR) is 506 cm³/mol. The molecular formula is C106H116Ir4N12O9-4. The van der Waals surface area contributed by atoms with Crippen LogP contribution in [0.5, 0.6) is 5.75 Å². The summed E-state index contributed by atoms with van der Waals surface area (Å²) in [4.78, 5) is 0. The number of aromatic nitrogens is 12. The molecule has 0 bridgehead atoms. The molecule has 0 aliphatic carbocycles. The molecule has 16 rings (SSSR count). The first-order valence-electron chi connectivity index (χ1n) is 42.4. The van der Waals surface area contributed by atoms with Crippen molar-refractivity contribution in [3.63, 3.8) is 0 Å². The van der Waals surface area contributed by atoms with E-state index in [0.29, 0.717) is 25.7 Å². The molecule has 0 spiro atoms. The van der Waals surface area contributed by atoms with E-state index in [1.165, 1.54) is 22.3 Å². The van der Waals surface area contributed by atoms with E-state index >= 15 is 0 Å². The van der Waals surface area contributed by atoms with E-state index in [9.17, 15) is 0 Å². The van der Waals surface area contributed by atoms with Crippen LogP contribution in [0.1, 0.15) is 109 Å². The number of aryl methyl sites for hydroxylation is 5. The van der Waals surface area contributed by atoms with E-state index in [1.54, 1.807) is 62.5 Å². The number of hydrogen-bond acceptors (Lipinski definition) is 17. The van der Waals surface area contributed by atoms with Crippen molar-refractivity contribution in [3.8, 4) is 120 Å². The minimum Gasteiger partial charge on any atom is -0.540 e. The Kier molecular flexibility index (Phi) is 48.7. The average Bonchev–Trinajstić information content (AvgIpc) is 1.66. The maximum absolute atomic E-state index is 8.56. The molecule has 694 valence electrons. The Labute approximate surface area is 825 Å². The summed E-state index contributed by atoms with van der Waals surface area (Å²) in [5.74, 6) is 7.19. The number of para-hydroxylation sites is 2. The number of rotatable bonds is 21. The van der Waals surface area contributed by atoms with E-state index in [4.69, 9.17) is 45.6 Å². The van der Waals surface area contributed by atoms with Crippen LogP contribution in [0.4, 0.5) is 0 Å². The maximum atomic E-state index is 8.56. The van der Waals surface area contributed by atoms with Crippen LogP contribution in [0.15, 0.2) is 303 Å². The van der Waals surface area contributed by atoms with Crippen LogP contribution < -0.4 is 4.74 Å². The molecule has 25 heteroatoms. The van der Waals surface area contributed by atoms with Crippen molar-refractivity contribution in [3.05, 3.63) is 355 Å². The first-order chi connectivity index (χ1) is 61.2. The van der Waals surface area contributed by atoms with Crippen molar-refractivity contribution in [1.82, 2.24) is 59.1 Å². The van der Waals surface area contributed by atoms with E-state index in [0.717, 1.165) is 125 Å². The van der Waals surface area contributed by atoms with Crippen molar-refractivity contribution < 1.29 is 126 Å². The van der Waals surface area contributed by atoms with Gasteiger partial charge in [-0.05, 0) is 169 Å². The van der Waals surface area contributed by atoms with Crippen LogP contribution >= 0.6 is 0 Å². The van der Waals surface area contributed by atoms with Gasteiger partial charge in [0.05, 0.1) is 79.2 Å². The molecule has 0 amide bonds. The summed E-state index contributed by atoms with van der Waals surface area (Å²) in [6, 6.07) is 114. The zero-order valence-electron chi connectivity index (χ0n) is 76.0. The van der Waals surface area contributed by atoms with Crippen LogP contribution in [0, 0.1) is 58.9 Å². The minimum atomic E-state index is -0.375. The molecule has 0 saturated carbocycles. The first-order valence-corrected chi connectivity index (χ1v) is 42.4. The number of hydrogen-bond donors (Lipinski definition) is 8. The molecule has 12 aromatic carbocycles. The maximum Gasteiger partial charge on any atom is 0.159 e. The zero-order chi connectivity index (χ0) is 91.3. The molecule has 4 radical (unpaired) electrons. The molecule has 8 unspecified atom stereocenters. The molecule has 0 aliphatic heterocycles. The summed E-state index contributed by atoms with van der Waals surface area (Å²) in [7, 11) is 1.65. The third kappa shape index (κ3) is 34.8. The molecule has 8 atom stereocenters. The van der Waals surface area contributed by atoms with Gasteiger partial charge < -0.3 is 63.9 Å². The third-order valence-corrected chi connectivity index (χ3v) is 19.2. The van der Waals surface area contributed by atoms with Crippen LogP contribution in [0.3, 0.4) is 0 Å². The fourth-order valence-corrected chi connectivity index (χ4v) is 13.3. The summed E-state index contributed by atoms with van der Waals surface area (Å²) in [5.41, 5.74) is 17.9.